The van der Waals surface area contributed by atoms with Gasteiger partial charge in [-0.2, -0.15) is 0 Å². The maximum atomic E-state index is 11.5. The zero-order valence-electron chi connectivity index (χ0n) is 10.0. The lowest BCUT2D eigenvalue weighted by Gasteiger charge is -2.02. The Labute approximate surface area is 105 Å². The molecule has 2 aromatic rings. The fourth-order valence-electron chi connectivity index (χ4n) is 1.49. The second-order valence-electron chi connectivity index (χ2n) is 4.09. The monoisotopic (exact) mass is 264 g/mol. The summed E-state index contributed by atoms with van der Waals surface area (Å²) in [7, 11) is -3.21. The molecule has 0 radical (unpaired) electrons. The van der Waals surface area contributed by atoms with Gasteiger partial charge in [-0.3, -0.25) is 4.79 Å². The smallest absolute Gasteiger partial charge is 0.188 e. The lowest BCUT2D eigenvalue weighted by atomic mass is 10.1. The molecule has 0 aliphatic carbocycles. The third kappa shape index (κ3) is 2.51. The number of hydrogen-bond acceptors (Lipinski definition) is 4. The molecule has 0 fully saturated rings. The predicted octanol–water partition coefficient (Wildman–Crippen LogP) is 2.02. The van der Waals surface area contributed by atoms with E-state index in [1.54, 1.807) is 19.1 Å². The van der Waals surface area contributed by atoms with Gasteiger partial charge < -0.3 is 4.42 Å². The minimum absolute atomic E-state index is 0.108. The predicted molar refractivity (Wildman–Crippen MR) is 68.3 cm³/mol. The van der Waals surface area contributed by atoms with Crippen LogP contribution in [0.3, 0.4) is 0 Å². The maximum Gasteiger partial charge on any atom is 0.188 e. The second kappa shape index (κ2) is 4.42. The summed E-state index contributed by atoms with van der Waals surface area (Å²) in [6, 6.07) is 7.60. The van der Waals surface area contributed by atoms with Crippen molar-refractivity contribution in [2.24, 2.45) is 0 Å². The fraction of sp³-hybridized carbons (Fsp3) is 0.154. The largest absolute Gasteiger partial charge is 0.464 e. The van der Waals surface area contributed by atoms with E-state index in [1.807, 2.05) is 0 Å². The van der Waals surface area contributed by atoms with Gasteiger partial charge in [-0.05, 0) is 31.2 Å². The Balaban J connectivity index is 2.47. The first-order chi connectivity index (χ1) is 8.38. The van der Waals surface area contributed by atoms with Crippen LogP contribution >= 0.6 is 0 Å². The highest BCUT2D eigenvalue weighted by Crippen LogP contribution is 2.20. The van der Waals surface area contributed by atoms with Gasteiger partial charge in [-0.1, -0.05) is 0 Å². The molecule has 0 unspecified atom stereocenters. The van der Waals surface area contributed by atoms with E-state index in [4.69, 9.17) is 4.42 Å². The van der Waals surface area contributed by atoms with Crippen LogP contribution < -0.4 is 5.43 Å². The fourth-order valence-corrected chi connectivity index (χ4v) is 2.13. The highest BCUT2D eigenvalue weighted by atomic mass is 32.2. The average molecular weight is 264 g/mol. The summed E-state index contributed by atoms with van der Waals surface area (Å²) in [6.45, 7) is 1.67. The van der Waals surface area contributed by atoms with Crippen molar-refractivity contribution < 1.29 is 12.8 Å². The summed E-state index contributed by atoms with van der Waals surface area (Å²) in [5.74, 6) is 0.422. The summed E-state index contributed by atoms with van der Waals surface area (Å²) in [5, 5.41) is 0. The molecule has 0 saturated carbocycles. The van der Waals surface area contributed by atoms with Crippen molar-refractivity contribution >= 4 is 9.84 Å². The van der Waals surface area contributed by atoms with Crippen molar-refractivity contribution in [1.82, 2.24) is 0 Å². The molecular formula is C13H12O4S. The first-order valence-electron chi connectivity index (χ1n) is 5.28. The van der Waals surface area contributed by atoms with Crippen LogP contribution in [-0.4, -0.2) is 14.7 Å². The lowest BCUT2D eigenvalue weighted by molar-refractivity contribution is 0.559. The Morgan fingerprint density at radius 2 is 1.72 bits per heavy atom. The molecule has 94 valence electrons. The van der Waals surface area contributed by atoms with Crippen LogP contribution in [-0.2, 0) is 9.84 Å². The number of benzene rings is 1. The zero-order valence-corrected chi connectivity index (χ0v) is 10.8. The third-order valence-electron chi connectivity index (χ3n) is 2.58. The highest BCUT2D eigenvalue weighted by Gasteiger charge is 2.08. The van der Waals surface area contributed by atoms with Crippen molar-refractivity contribution in [3.63, 3.8) is 0 Å². The van der Waals surface area contributed by atoms with Crippen LogP contribution in [0.2, 0.25) is 0 Å². The first-order valence-corrected chi connectivity index (χ1v) is 7.17. The standard InChI is InChI=1S/C13H12O4S/c1-9-8-17-13(7-12(9)14)10-3-5-11(6-4-10)18(2,15)16/h3-8H,1-2H3. The molecule has 2 rings (SSSR count). The van der Waals surface area contributed by atoms with Gasteiger partial charge in [0.25, 0.3) is 0 Å². The van der Waals surface area contributed by atoms with Crippen molar-refractivity contribution in [2.45, 2.75) is 11.8 Å². The van der Waals surface area contributed by atoms with Crippen LogP contribution in [0.25, 0.3) is 11.3 Å². The van der Waals surface area contributed by atoms with Crippen LogP contribution in [0.5, 0.6) is 0 Å². The van der Waals surface area contributed by atoms with Gasteiger partial charge in [-0.25, -0.2) is 8.42 Å². The summed E-state index contributed by atoms with van der Waals surface area (Å²) in [4.78, 5) is 11.7. The SMILES string of the molecule is Cc1coc(-c2ccc(S(C)(=O)=O)cc2)cc1=O. The van der Waals surface area contributed by atoms with Gasteiger partial charge in [-0.15, -0.1) is 0 Å². The molecular weight excluding hydrogens is 252 g/mol. The minimum atomic E-state index is -3.21. The lowest BCUT2D eigenvalue weighted by Crippen LogP contribution is -2.02. The number of sulfone groups is 1. The van der Waals surface area contributed by atoms with Gasteiger partial charge in [0.1, 0.15) is 5.76 Å². The number of aryl methyl sites for hydroxylation is 1. The average Bonchev–Trinajstić information content (AvgIpc) is 2.32. The van der Waals surface area contributed by atoms with Crippen molar-refractivity contribution in [3.05, 3.63) is 52.4 Å². The molecule has 0 aliphatic rings. The summed E-state index contributed by atoms with van der Waals surface area (Å²) in [6.07, 6.45) is 2.54. The van der Waals surface area contributed by atoms with E-state index in [-0.39, 0.29) is 10.3 Å². The molecule has 1 aromatic heterocycles. The van der Waals surface area contributed by atoms with Crippen LogP contribution in [0.4, 0.5) is 0 Å². The highest BCUT2D eigenvalue weighted by molar-refractivity contribution is 7.90. The van der Waals surface area contributed by atoms with E-state index in [1.165, 1.54) is 24.5 Å². The van der Waals surface area contributed by atoms with Crippen LogP contribution in [0.15, 0.2) is 50.7 Å². The molecule has 18 heavy (non-hydrogen) atoms. The van der Waals surface area contributed by atoms with Gasteiger partial charge >= 0.3 is 0 Å². The Bertz CT molecular complexity index is 724. The molecule has 5 heteroatoms. The van der Waals surface area contributed by atoms with Crippen LogP contribution in [0.1, 0.15) is 5.56 Å². The summed E-state index contributed by atoms with van der Waals surface area (Å²) >= 11 is 0. The topological polar surface area (TPSA) is 64.3 Å². The van der Waals surface area contributed by atoms with E-state index in [9.17, 15) is 13.2 Å². The van der Waals surface area contributed by atoms with Gasteiger partial charge in [0.2, 0.25) is 0 Å². The van der Waals surface area contributed by atoms with Gasteiger partial charge in [0.05, 0.1) is 11.2 Å². The molecule has 1 heterocycles. The molecule has 0 spiro atoms. The van der Waals surface area contributed by atoms with Crippen LogP contribution in [0, 0.1) is 6.92 Å². The van der Waals surface area contributed by atoms with Crippen molar-refractivity contribution in [3.8, 4) is 11.3 Å². The third-order valence-corrected chi connectivity index (χ3v) is 3.71. The van der Waals surface area contributed by atoms with Gasteiger partial charge in [0.15, 0.2) is 15.3 Å². The molecule has 0 atom stereocenters. The second-order valence-corrected chi connectivity index (χ2v) is 6.10. The van der Waals surface area contributed by atoms with Gasteiger partial charge in [0, 0.05) is 23.4 Å². The Morgan fingerprint density at radius 1 is 1.11 bits per heavy atom. The van der Waals surface area contributed by atoms with E-state index >= 15 is 0 Å². The first kappa shape index (κ1) is 12.6. The molecule has 0 N–H and O–H groups in total. The Morgan fingerprint density at radius 3 is 2.22 bits per heavy atom. The molecule has 0 aliphatic heterocycles. The van der Waals surface area contributed by atoms with E-state index in [0.717, 1.165) is 6.26 Å². The van der Waals surface area contributed by atoms with Crippen molar-refractivity contribution in [1.29, 1.82) is 0 Å². The van der Waals surface area contributed by atoms with Crippen molar-refractivity contribution in [2.75, 3.05) is 6.26 Å². The molecule has 4 nitrogen and oxygen atoms in total. The normalized spacial score (nSPS) is 11.4. The minimum Gasteiger partial charge on any atom is -0.464 e. The summed E-state index contributed by atoms with van der Waals surface area (Å²) < 4.78 is 27.9. The Hall–Kier alpha value is -1.88. The Kier molecular flexibility index (Phi) is 3.09. The molecule has 0 saturated heterocycles. The number of rotatable bonds is 2. The molecule has 0 bridgehead atoms. The van der Waals surface area contributed by atoms with E-state index in [2.05, 4.69) is 0 Å². The quantitative estimate of drug-likeness (QED) is 0.832. The van der Waals surface area contributed by atoms with E-state index < -0.39 is 9.84 Å². The van der Waals surface area contributed by atoms with E-state index in [0.29, 0.717) is 16.9 Å². The number of hydrogen-bond donors (Lipinski definition) is 0. The maximum absolute atomic E-state index is 11.5. The summed E-state index contributed by atoms with van der Waals surface area (Å²) in [5.41, 5.74) is 1.09. The molecule has 0 amide bonds. The zero-order chi connectivity index (χ0) is 13.3. The molecule has 1 aromatic carbocycles.